The molecule has 2 N–H and O–H groups in total. The number of hydrogen-bond donors (Lipinski definition) is 2. The third kappa shape index (κ3) is 3.40. The molecule has 0 bridgehead atoms. The number of para-hydroxylation sites is 1. The Morgan fingerprint density at radius 2 is 2.00 bits per heavy atom. The molecule has 0 aliphatic heterocycles. The van der Waals surface area contributed by atoms with E-state index in [0.717, 1.165) is 31.7 Å². The molecule has 0 spiro atoms. The van der Waals surface area contributed by atoms with Crippen molar-refractivity contribution < 1.29 is 22.7 Å². The summed E-state index contributed by atoms with van der Waals surface area (Å²) < 4.78 is 44.9. The van der Waals surface area contributed by atoms with Crippen LogP contribution in [0.2, 0.25) is 0 Å². The van der Waals surface area contributed by atoms with Crippen molar-refractivity contribution in [2.45, 2.75) is 44.8 Å². The number of carbonyl (C=O) groups excluding carboxylic acids is 1. The maximum atomic E-state index is 13.3. The Morgan fingerprint density at radius 3 is 2.62 bits per heavy atom. The average molecular weight is 368 g/mol. The standard InChI is InChI=1S/C18H19F3N2O3/c1-2-26-17(25)13-15(22-10-6-3-4-7-10)11-8-5-9-12(18(19,20)21)14(11)23-16(13)24/h5,8-10H,2-4,6-7H2,1H3,(H2,22,23,24). The van der Waals surface area contributed by atoms with Gasteiger partial charge in [0.2, 0.25) is 0 Å². The van der Waals surface area contributed by atoms with Crippen LogP contribution in [0.15, 0.2) is 23.0 Å². The van der Waals surface area contributed by atoms with Crippen LogP contribution in [0, 0.1) is 0 Å². The highest BCUT2D eigenvalue weighted by Crippen LogP contribution is 2.37. The van der Waals surface area contributed by atoms with Gasteiger partial charge in [-0.1, -0.05) is 25.0 Å². The number of aromatic nitrogens is 1. The number of ether oxygens (including phenoxy) is 1. The lowest BCUT2D eigenvalue weighted by atomic mass is 10.0. The van der Waals surface area contributed by atoms with E-state index in [9.17, 15) is 22.8 Å². The maximum absolute atomic E-state index is 13.3. The number of pyridine rings is 1. The van der Waals surface area contributed by atoms with Crippen molar-refractivity contribution in [1.29, 1.82) is 0 Å². The van der Waals surface area contributed by atoms with Gasteiger partial charge in [0.25, 0.3) is 5.56 Å². The predicted octanol–water partition coefficient (Wildman–Crippen LogP) is 4.08. The summed E-state index contributed by atoms with van der Waals surface area (Å²) in [5.74, 6) is -0.853. The van der Waals surface area contributed by atoms with Gasteiger partial charge in [-0.2, -0.15) is 13.2 Å². The number of esters is 1. The number of aromatic amines is 1. The van der Waals surface area contributed by atoms with Crippen molar-refractivity contribution in [2.75, 3.05) is 11.9 Å². The highest BCUT2D eigenvalue weighted by molar-refractivity contribution is 6.05. The van der Waals surface area contributed by atoms with Crippen LogP contribution in [0.25, 0.3) is 10.9 Å². The molecule has 2 aromatic rings. The molecule has 1 aromatic carbocycles. The van der Waals surface area contributed by atoms with Crippen LogP contribution in [0.4, 0.5) is 18.9 Å². The Balaban J connectivity index is 2.27. The number of H-pyrrole nitrogens is 1. The highest BCUT2D eigenvalue weighted by atomic mass is 19.4. The Kier molecular flexibility index (Phi) is 4.93. The van der Waals surface area contributed by atoms with Gasteiger partial charge in [-0.15, -0.1) is 0 Å². The SMILES string of the molecule is CCOC(=O)c1c(NC2CCCC2)c2cccc(C(F)(F)F)c2[nH]c1=O. The molecule has 26 heavy (non-hydrogen) atoms. The van der Waals surface area contributed by atoms with Crippen LogP contribution in [0.5, 0.6) is 0 Å². The molecule has 5 nitrogen and oxygen atoms in total. The molecule has 1 aromatic heterocycles. The largest absolute Gasteiger partial charge is 0.462 e. The summed E-state index contributed by atoms with van der Waals surface area (Å²) in [7, 11) is 0. The minimum atomic E-state index is -4.63. The van der Waals surface area contributed by atoms with Gasteiger partial charge in [-0.05, 0) is 25.8 Å². The molecule has 1 heterocycles. The highest BCUT2D eigenvalue weighted by Gasteiger charge is 2.34. The number of rotatable bonds is 4. The first-order valence-electron chi connectivity index (χ1n) is 8.52. The number of benzene rings is 1. The topological polar surface area (TPSA) is 71.2 Å². The van der Waals surface area contributed by atoms with Crippen LogP contribution in [-0.4, -0.2) is 23.6 Å². The van der Waals surface area contributed by atoms with Gasteiger partial charge in [0.1, 0.15) is 5.56 Å². The van der Waals surface area contributed by atoms with E-state index in [1.165, 1.54) is 12.1 Å². The van der Waals surface area contributed by atoms with Crippen LogP contribution in [0.3, 0.4) is 0 Å². The monoisotopic (exact) mass is 368 g/mol. The van der Waals surface area contributed by atoms with Gasteiger partial charge in [0.05, 0.1) is 23.4 Å². The Hall–Kier alpha value is -2.51. The Bertz CT molecular complexity index is 884. The number of anilines is 1. The van der Waals surface area contributed by atoms with E-state index in [0.29, 0.717) is 0 Å². The quantitative estimate of drug-likeness (QED) is 0.798. The zero-order valence-corrected chi connectivity index (χ0v) is 14.2. The molecule has 8 heteroatoms. The van der Waals surface area contributed by atoms with Crippen molar-refractivity contribution >= 4 is 22.6 Å². The number of halogens is 3. The van der Waals surface area contributed by atoms with E-state index in [2.05, 4.69) is 10.3 Å². The van der Waals surface area contributed by atoms with Crippen molar-refractivity contribution in [3.63, 3.8) is 0 Å². The maximum Gasteiger partial charge on any atom is 0.418 e. The van der Waals surface area contributed by atoms with Gasteiger partial charge >= 0.3 is 12.1 Å². The minimum absolute atomic E-state index is 0.00252. The van der Waals surface area contributed by atoms with Crippen LogP contribution < -0.4 is 10.9 Å². The number of hydrogen-bond acceptors (Lipinski definition) is 4. The van der Waals surface area contributed by atoms with E-state index in [1.807, 2.05) is 0 Å². The smallest absolute Gasteiger partial charge is 0.418 e. The summed E-state index contributed by atoms with van der Waals surface area (Å²) in [6.45, 7) is 1.65. The Morgan fingerprint density at radius 1 is 1.31 bits per heavy atom. The van der Waals surface area contributed by atoms with Gasteiger partial charge < -0.3 is 15.0 Å². The molecule has 0 saturated heterocycles. The third-order valence-corrected chi connectivity index (χ3v) is 4.54. The number of fused-ring (bicyclic) bond motifs is 1. The first-order chi connectivity index (χ1) is 12.3. The first kappa shape index (κ1) is 18.3. The minimum Gasteiger partial charge on any atom is -0.462 e. The Labute approximate surface area is 147 Å². The average Bonchev–Trinajstić information content (AvgIpc) is 3.06. The second kappa shape index (κ2) is 7.01. The lowest BCUT2D eigenvalue weighted by molar-refractivity contribution is -0.136. The summed E-state index contributed by atoms with van der Waals surface area (Å²) in [6.07, 6.45) is -0.994. The molecule has 3 rings (SSSR count). The predicted molar refractivity (Wildman–Crippen MR) is 91.4 cm³/mol. The second-order valence-corrected chi connectivity index (χ2v) is 6.28. The lowest BCUT2D eigenvalue weighted by Gasteiger charge is -2.19. The van der Waals surface area contributed by atoms with E-state index >= 15 is 0 Å². The fourth-order valence-electron chi connectivity index (χ4n) is 3.38. The zero-order chi connectivity index (χ0) is 18.9. The van der Waals surface area contributed by atoms with Gasteiger partial charge in [0.15, 0.2) is 0 Å². The summed E-state index contributed by atoms with van der Waals surface area (Å²) in [5.41, 5.74) is -2.35. The van der Waals surface area contributed by atoms with Gasteiger partial charge in [-0.3, -0.25) is 4.79 Å². The van der Waals surface area contributed by atoms with Crippen molar-refractivity contribution in [2.24, 2.45) is 0 Å². The molecule has 1 saturated carbocycles. The van der Waals surface area contributed by atoms with Crippen LogP contribution >= 0.6 is 0 Å². The zero-order valence-electron chi connectivity index (χ0n) is 14.2. The van der Waals surface area contributed by atoms with E-state index in [1.54, 1.807) is 6.92 Å². The van der Waals surface area contributed by atoms with Crippen molar-refractivity contribution in [3.05, 3.63) is 39.7 Å². The van der Waals surface area contributed by atoms with E-state index < -0.39 is 23.3 Å². The molecule has 1 aliphatic rings. The number of carbonyl (C=O) groups is 1. The fourth-order valence-corrected chi connectivity index (χ4v) is 3.38. The molecule has 1 aliphatic carbocycles. The summed E-state index contributed by atoms with van der Waals surface area (Å²) in [5, 5.41) is 3.27. The number of alkyl halides is 3. The normalized spacial score (nSPS) is 15.4. The lowest BCUT2D eigenvalue weighted by Crippen LogP contribution is -2.26. The molecular weight excluding hydrogens is 349 g/mol. The van der Waals surface area contributed by atoms with Crippen molar-refractivity contribution in [3.8, 4) is 0 Å². The number of nitrogens with one attached hydrogen (secondary N) is 2. The van der Waals surface area contributed by atoms with E-state index in [4.69, 9.17) is 4.74 Å². The van der Waals surface area contributed by atoms with Gasteiger partial charge in [-0.25, -0.2) is 4.79 Å². The second-order valence-electron chi connectivity index (χ2n) is 6.28. The molecule has 140 valence electrons. The fraction of sp³-hybridized carbons (Fsp3) is 0.444. The summed E-state index contributed by atoms with van der Waals surface area (Å²) in [4.78, 5) is 27.0. The molecule has 1 fully saturated rings. The first-order valence-corrected chi connectivity index (χ1v) is 8.52. The molecule has 0 radical (unpaired) electrons. The van der Waals surface area contributed by atoms with Crippen LogP contribution in [-0.2, 0) is 10.9 Å². The van der Waals surface area contributed by atoms with Crippen molar-refractivity contribution in [1.82, 2.24) is 4.98 Å². The summed E-state index contributed by atoms with van der Waals surface area (Å²) in [6, 6.07) is 3.63. The molecule has 0 unspecified atom stereocenters. The third-order valence-electron chi connectivity index (χ3n) is 4.54. The molecule has 0 amide bonds. The van der Waals surface area contributed by atoms with Gasteiger partial charge in [0, 0.05) is 11.4 Å². The summed E-state index contributed by atoms with van der Waals surface area (Å²) >= 11 is 0. The molecule has 0 atom stereocenters. The van der Waals surface area contributed by atoms with E-state index in [-0.39, 0.29) is 34.8 Å². The molecular formula is C18H19F3N2O3. The van der Waals surface area contributed by atoms with Crippen LogP contribution in [0.1, 0.15) is 48.5 Å².